The maximum absolute atomic E-state index is 13.3. The Kier molecular flexibility index (Phi) is 6.42. The van der Waals surface area contributed by atoms with Crippen molar-refractivity contribution in [3.63, 3.8) is 0 Å². The molecule has 1 aromatic carbocycles. The molecule has 0 N–H and O–H groups in total. The first-order chi connectivity index (χ1) is 8.27. The van der Waals surface area contributed by atoms with Crippen LogP contribution in [0.15, 0.2) is 18.2 Å². The van der Waals surface area contributed by atoms with Gasteiger partial charge in [-0.3, -0.25) is 4.39 Å². The minimum Gasteiger partial charge on any atom is -0.490 e. The van der Waals surface area contributed by atoms with E-state index in [4.69, 9.17) is 16.3 Å². The van der Waals surface area contributed by atoms with Gasteiger partial charge in [-0.1, -0.05) is 11.8 Å². The summed E-state index contributed by atoms with van der Waals surface area (Å²) in [6, 6.07) is 4.36. The first-order valence-corrected chi connectivity index (χ1v) is 5.84. The largest absolute Gasteiger partial charge is 0.490 e. The van der Waals surface area contributed by atoms with Gasteiger partial charge in [0.25, 0.3) is 0 Å². The lowest BCUT2D eigenvalue weighted by molar-refractivity contribution is 0.277. The minimum atomic E-state index is -0.475. The zero-order valence-electron chi connectivity index (χ0n) is 9.31. The van der Waals surface area contributed by atoms with Crippen molar-refractivity contribution in [3.8, 4) is 17.6 Å². The average molecular weight is 259 g/mol. The van der Waals surface area contributed by atoms with Crippen LogP contribution in [0.1, 0.15) is 18.4 Å². The molecule has 17 heavy (non-hydrogen) atoms. The summed E-state index contributed by atoms with van der Waals surface area (Å²) in [6.07, 6.45) is 0.832. The molecule has 4 heteroatoms. The zero-order chi connectivity index (χ0) is 12.5. The predicted octanol–water partition coefficient (Wildman–Crippen LogP) is 3.54. The fourth-order valence-corrected chi connectivity index (χ4v) is 1.23. The van der Waals surface area contributed by atoms with Crippen molar-refractivity contribution in [2.24, 2.45) is 0 Å². The summed E-state index contributed by atoms with van der Waals surface area (Å²) >= 11 is 5.49. The standard InChI is InChI=1S/C13H13ClF2O/c14-7-2-1-4-11-5-6-12(16)13(10-11)17-9-3-8-15/h5-6,10H,2-3,7-9H2. The number of halogens is 3. The van der Waals surface area contributed by atoms with Gasteiger partial charge in [-0.05, 0) is 18.2 Å². The quantitative estimate of drug-likeness (QED) is 0.446. The molecule has 0 fully saturated rings. The van der Waals surface area contributed by atoms with Crippen molar-refractivity contribution in [2.75, 3.05) is 19.2 Å². The van der Waals surface area contributed by atoms with Crippen molar-refractivity contribution in [1.82, 2.24) is 0 Å². The molecule has 0 aliphatic carbocycles. The van der Waals surface area contributed by atoms with E-state index < -0.39 is 12.5 Å². The van der Waals surface area contributed by atoms with Crippen LogP contribution in [-0.4, -0.2) is 19.2 Å². The van der Waals surface area contributed by atoms with E-state index in [0.717, 1.165) is 0 Å². The topological polar surface area (TPSA) is 9.23 Å². The first kappa shape index (κ1) is 13.8. The molecule has 0 saturated heterocycles. The molecule has 1 rings (SSSR count). The number of hydrogen-bond acceptors (Lipinski definition) is 1. The molecular formula is C13H13ClF2O. The molecule has 0 saturated carbocycles. The monoisotopic (exact) mass is 258 g/mol. The maximum Gasteiger partial charge on any atom is 0.165 e. The van der Waals surface area contributed by atoms with Crippen molar-refractivity contribution in [3.05, 3.63) is 29.6 Å². The molecule has 0 heterocycles. The van der Waals surface area contributed by atoms with Crippen LogP contribution in [0, 0.1) is 17.7 Å². The molecule has 0 aliphatic heterocycles. The summed E-state index contributed by atoms with van der Waals surface area (Å²) in [6.45, 7) is -0.317. The van der Waals surface area contributed by atoms with Gasteiger partial charge in [-0.25, -0.2) is 4.39 Å². The summed E-state index contributed by atoms with van der Waals surface area (Å²) < 4.78 is 30.3. The van der Waals surface area contributed by atoms with Crippen LogP contribution >= 0.6 is 11.6 Å². The highest BCUT2D eigenvalue weighted by Crippen LogP contribution is 2.18. The normalized spacial score (nSPS) is 9.59. The predicted molar refractivity (Wildman–Crippen MR) is 64.7 cm³/mol. The van der Waals surface area contributed by atoms with Crippen LogP contribution in [0.25, 0.3) is 0 Å². The van der Waals surface area contributed by atoms with Crippen molar-refractivity contribution in [1.29, 1.82) is 0 Å². The highest BCUT2D eigenvalue weighted by Gasteiger charge is 2.03. The third kappa shape index (κ3) is 5.06. The van der Waals surface area contributed by atoms with E-state index in [1.807, 2.05) is 0 Å². The SMILES string of the molecule is FCCCOc1cc(C#CCCCl)ccc1F. The Bertz CT molecular complexity index is 410. The van der Waals surface area contributed by atoms with Crippen molar-refractivity contribution < 1.29 is 13.5 Å². The summed E-state index contributed by atoms with van der Waals surface area (Å²) in [7, 11) is 0. The average Bonchev–Trinajstić information content (AvgIpc) is 2.33. The molecule has 0 spiro atoms. The lowest BCUT2D eigenvalue weighted by atomic mass is 10.2. The number of rotatable bonds is 5. The van der Waals surface area contributed by atoms with Crippen LogP contribution in [0.2, 0.25) is 0 Å². The molecule has 0 unspecified atom stereocenters. The Morgan fingerprint density at radius 2 is 2.18 bits per heavy atom. The van der Waals surface area contributed by atoms with Crippen molar-refractivity contribution in [2.45, 2.75) is 12.8 Å². The summed E-state index contributed by atoms with van der Waals surface area (Å²) in [5.41, 5.74) is 0.659. The van der Waals surface area contributed by atoms with Gasteiger partial charge < -0.3 is 4.74 Å². The third-order valence-electron chi connectivity index (χ3n) is 1.92. The Hall–Kier alpha value is -1.27. The molecule has 0 aliphatic rings. The van der Waals surface area contributed by atoms with Gasteiger partial charge in [-0.15, -0.1) is 11.6 Å². The fraction of sp³-hybridized carbons (Fsp3) is 0.385. The summed E-state index contributed by atoms with van der Waals surface area (Å²) in [5, 5.41) is 0. The molecule has 0 radical (unpaired) electrons. The number of benzene rings is 1. The second-order valence-corrected chi connectivity index (χ2v) is 3.65. The van der Waals surface area contributed by atoms with E-state index in [1.165, 1.54) is 12.1 Å². The third-order valence-corrected chi connectivity index (χ3v) is 2.11. The molecular weight excluding hydrogens is 246 g/mol. The Labute approximate surface area is 105 Å². The van der Waals surface area contributed by atoms with E-state index in [-0.39, 0.29) is 18.8 Å². The van der Waals surface area contributed by atoms with E-state index in [0.29, 0.717) is 17.9 Å². The van der Waals surface area contributed by atoms with E-state index >= 15 is 0 Å². The van der Waals surface area contributed by atoms with Crippen molar-refractivity contribution >= 4 is 11.6 Å². The Balaban J connectivity index is 2.69. The number of hydrogen-bond donors (Lipinski definition) is 0. The van der Waals surface area contributed by atoms with E-state index in [9.17, 15) is 8.78 Å². The first-order valence-electron chi connectivity index (χ1n) is 5.31. The fourth-order valence-electron chi connectivity index (χ4n) is 1.14. The smallest absolute Gasteiger partial charge is 0.165 e. The van der Waals surface area contributed by atoms with E-state index in [1.54, 1.807) is 6.07 Å². The lowest BCUT2D eigenvalue weighted by Crippen LogP contribution is -2.00. The van der Waals surface area contributed by atoms with Crippen LogP contribution in [0.5, 0.6) is 5.75 Å². The highest BCUT2D eigenvalue weighted by atomic mass is 35.5. The second kappa shape index (κ2) is 7.92. The summed E-state index contributed by atoms with van der Waals surface area (Å²) in [4.78, 5) is 0. The second-order valence-electron chi connectivity index (χ2n) is 3.28. The van der Waals surface area contributed by atoms with Gasteiger partial charge in [-0.2, -0.15) is 0 Å². The van der Waals surface area contributed by atoms with Gasteiger partial charge in [0.2, 0.25) is 0 Å². The van der Waals surface area contributed by atoms with Gasteiger partial charge in [0, 0.05) is 24.3 Å². The molecule has 1 aromatic rings. The Morgan fingerprint density at radius 1 is 1.35 bits per heavy atom. The lowest BCUT2D eigenvalue weighted by Gasteiger charge is -2.06. The number of ether oxygens (including phenoxy) is 1. The van der Waals surface area contributed by atoms with E-state index in [2.05, 4.69) is 11.8 Å². The highest BCUT2D eigenvalue weighted by molar-refractivity contribution is 6.18. The van der Waals surface area contributed by atoms with Gasteiger partial charge in [0.15, 0.2) is 11.6 Å². The zero-order valence-corrected chi connectivity index (χ0v) is 10.1. The number of alkyl halides is 2. The van der Waals surface area contributed by atoms with Crippen LogP contribution in [-0.2, 0) is 0 Å². The molecule has 1 nitrogen and oxygen atoms in total. The van der Waals surface area contributed by atoms with Crippen LogP contribution in [0.3, 0.4) is 0 Å². The maximum atomic E-state index is 13.3. The summed E-state index contributed by atoms with van der Waals surface area (Å²) in [5.74, 6) is 5.80. The van der Waals surface area contributed by atoms with Gasteiger partial charge >= 0.3 is 0 Å². The van der Waals surface area contributed by atoms with Gasteiger partial charge in [0.1, 0.15) is 0 Å². The minimum absolute atomic E-state index is 0.108. The molecule has 0 bridgehead atoms. The Morgan fingerprint density at radius 3 is 2.88 bits per heavy atom. The van der Waals surface area contributed by atoms with Gasteiger partial charge in [0.05, 0.1) is 13.3 Å². The van der Waals surface area contributed by atoms with Crippen LogP contribution < -0.4 is 4.74 Å². The van der Waals surface area contributed by atoms with Crippen LogP contribution in [0.4, 0.5) is 8.78 Å². The molecule has 0 atom stereocenters. The molecule has 92 valence electrons. The molecule has 0 amide bonds. The molecule has 0 aromatic heterocycles.